The normalized spacial score (nSPS) is 16.0. The zero-order chi connectivity index (χ0) is 16.5. The highest BCUT2D eigenvalue weighted by molar-refractivity contribution is 6.42. The smallest absolute Gasteiger partial charge is 0.134 e. The van der Waals surface area contributed by atoms with Crippen molar-refractivity contribution in [3.63, 3.8) is 0 Å². The van der Waals surface area contributed by atoms with Crippen LogP contribution < -0.4 is 4.90 Å². The van der Waals surface area contributed by atoms with Crippen molar-refractivity contribution < 1.29 is 4.42 Å². The van der Waals surface area contributed by atoms with Gasteiger partial charge in [0.15, 0.2) is 0 Å². The van der Waals surface area contributed by atoms with Crippen LogP contribution in [0.15, 0.2) is 52.9 Å². The van der Waals surface area contributed by atoms with Crippen LogP contribution >= 0.6 is 23.2 Å². The van der Waals surface area contributed by atoms with E-state index in [1.54, 1.807) is 0 Å². The van der Waals surface area contributed by atoms with Gasteiger partial charge in [-0.3, -0.25) is 4.90 Å². The molecule has 4 rings (SSSR count). The zero-order valence-electron chi connectivity index (χ0n) is 13.2. The third-order valence-electron chi connectivity index (χ3n) is 4.50. The Hall–Kier alpha value is -1.68. The van der Waals surface area contributed by atoms with Gasteiger partial charge in [-0.1, -0.05) is 41.4 Å². The second-order valence-electron chi connectivity index (χ2n) is 6.11. The van der Waals surface area contributed by atoms with Crippen LogP contribution in [0.2, 0.25) is 10.0 Å². The Balaban J connectivity index is 1.39. The van der Waals surface area contributed by atoms with Crippen molar-refractivity contribution in [3.8, 4) is 0 Å². The molecule has 0 bridgehead atoms. The molecule has 124 valence electrons. The molecule has 1 aliphatic rings. The average molecular weight is 361 g/mol. The summed E-state index contributed by atoms with van der Waals surface area (Å²) >= 11 is 12.1. The number of hydrogen-bond donors (Lipinski definition) is 0. The lowest BCUT2D eigenvalue weighted by molar-refractivity contribution is 0.233. The van der Waals surface area contributed by atoms with Crippen LogP contribution in [0.1, 0.15) is 5.76 Å². The maximum atomic E-state index is 6.13. The molecule has 1 fully saturated rings. The summed E-state index contributed by atoms with van der Waals surface area (Å²) in [5, 5.41) is 2.38. The van der Waals surface area contributed by atoms with E-state index in [9.17, 15) is 0 Å². The molecule has 0 aliphatic carbocycles. The van der Waals surface area contributed by atoms with Gasteiger partial charge in [0.1, 0.15) is 11.3 Å². The molecule has 2 heterocycles. The number of fused-ring (bicyclic) bond motifs is 1. The van der Waals surface area contributed by atoms with Crippen LogP contribution in [-0.2, 0) is 6.54 Å². The van der Waals surface area contributed by atoms with Crippen LogP contribution in [0.25, 0.3) is 11.0 Å². The van der Waals surface area contributed by atoms with Gasteiger partial charge in [0.25, 0.3) is 0 Å². The highest BCUT2D eigenvalue weighted by Crippen LogP contribution is 2.28. The minimum atomic E-state index is 0.601. The van der Waals surface area contributed by atoms with Gasteiger partial charge < -0.3 is 9.32 Å². The number of halogens is 2. The van der Waals surface area contributed by atoms with Crippen molar-refractivity contribution in [1.82, 2.24) is 4.90 Å². The van der Waals surface area contributed by atoms with Crippen LogP contribution in [0.4, 0.5) is 5.69 Å². The Morgan fingerprint density at radius 3 is 2.42 bits per heavy atom. The van der Waals surface area contributed by atoms with Gasteiger partial charge in [-0.25, -0.2) is 0 Å². The third kappa shape index (κ3) is 3.25. The van der Waals surface area contributed by atoms with E-state index < -0.39 is 0 Å². The zero-order valence-corrected chi connectivity index (χ0v) is 14.7. The van der Waals surface area contributed by atoms with Crippen molar-refractivity contribution in [3.05, 3.63) is 64.3 Å². The first-order valence-electron chi connectivity index (χ1n) is 8.09. The SMILES string of the molecule is Clc1ccc(N2CCN(Cc3cc4ccccc4o3)CC2)cc1Cl. The van der Waals surface area contributed by atoms with Gasteiger partial charge in [0.05, 0.1) is 16.6 Å². The lowest BCUT2D eigenvalue weighted by atomic mass is 10.2. The van der Waals surface area contributed by atoms with Crippen molar-refractivity contribution in [2.75, 3.05) is 31.1 Å². The summed E-state index contributed by atoms with van der Waals surface area (Å²) in [6.45, 7) is 4.79. The predicted octanol–water partition coefficient (Wildman–Crippen LogP) is 5.06. The maximum Gasteiger partial charge on any atom is 0.134 e. The second kappa shape index (κ2) is 6.67. The van der Waals surface area contributed by atoms with Gasteiger partial charge in [-0.05, 0) is 30.3 Å². The van der Waals surface area contributed by atoms with E-state index >= 15 is 0 Å². The average Bonchev–Trinajstić information content (AvgIpc) is 3.00. The van der Waals surface area contributed by atoms with E-state index in [1.165, 1.54) is 5.39 Å². The molecule has 0 N–H and O–H groups in total. The highest BCUT2D eigenvalue weighted by atomic mass is 35.5. The third-order valence-corrected chi connectivity index (χ3v) is 5.24. The molecule has 0 saturated carbocycles. The molecular formula is C19H18Cl2N2O. The Morgan fingerprint density at radius 2 is 1.67 bits per heavy atom. The molecule has 5 heteroatoms. The molecule has 1 saturated heterocycles. The van der Waals surface area contributed by atoms with E-state index in [-0.39, 0.29) is 0 Å². The van der Waals surface area contributed by atoms with Crippen LogP contribution in [0.3, 0.4) is 0 Å². The topological polar surface area (TPSA) is 19.6 Å². The van der Waals surface area contributed by atoms with Gasteiger partial charge in [-0.15, -0.1) is 0 Å². The van der Waals surface area contributed by atoms with Crippen molar-refractivity contribution in [2.24, 2.45) is 0 Å². The fourth-order valence-electron chi connectivity index (χ4n) is 3.18. The summed E-state index contributed by atoms with van der Waals surface area (Å²) in [4.78, 5) is 4.77. The second-order valence-corrected chi connectivity index (χ2v) is 6.93. The quantitative estimate of drug-likeness (QED) is 0.650. The first kappa shape index (κ1) is 15.8. The molecule has 0 unspecified atom stereocenters. The summed E-state index contributed by atoms with van der Waals surface area (Å²) < 4.78 is 5.92. The minimum absolute atomic E-state index is 0.601. The Morgan fingerprint density at radius 1 is 0.875 bits per heavy atom. The summed E-state index contributed by atoms with van der Waals surface area (Å²) in [5.74, 6) is 1.03. The van der Waals surface area contributed by atoms with Crippen LogP contribution in [-0.4, -0.2) is 31.1 Å². The molecule has 3 aromatic rings. The number of rotatable bonds is 3. The molecule has 24 heavy (non-hydrogen) atoms. The van der Waals surface area contributed by atoms with E-state index in [2.05, 4.69) is 21.9 Å². The van der Waals surface area contributed by atoms with Crippen molar-refractivity contribution in [1.29, 1.82) is 0 Å². The molecule has 3 nitrogen and oxygen atoms in total. The standard InChI is InChI=1S/C19H18Cl2N2O/c20-17-6-5-15(12-18(17)21)23-9-7-22(8-10-23)13-16-11-14-3-1-2-4-19(14)24-16/h1-6,11-12H,7-10,13H2. The Kier molecular flexibility index (Phi) is 4.40. The summed E-state index contributed by atoms with van der Waals surface area (Å²) in [6.07, 6.45) is 0. The predicted molar refractivity (Wildman–Crippen MR) is 100 cm³/mol. The number of piperazine rings is 1. The monoisotopic (exact) mass is 360 g/mol. The van der Waals surface area contributed by atoms with Gasteiger partial charge in [-0.2, -0.15) is 0 Å². The van der Waals surface area contributed by atoms with E-state index in [0.717, 1.165) is 49.8 Å². The summed E-state index contributed by atoms with van der Waals surface area (Å²) in [5.41, 5.74) is 2.09. The fourth-order valence-corrected chi connectivity index (χ4v) is 3.47. The first-order valence-corrected chi connectivity index (χ1v) is 8.84. The number of anilines is 1. The summed E-state index contributed by atoms with van der Waals surface area (Å²) in [6, 6.07) is 16.1. The molecular weight excluding hydrogens is 343 g/mol. The molecule has 0 spiro atoms. The molecule has 0 amide bonds. The number of nitrogens with zero attached hydrogens (tertiary/aromatic N) is 2. The van der Waals surface area contributed by atoms with E-state index in [1.807, 2.05) is 36.4 Å². The molecule has 1 aliphatic heterocycles. The molecule has 0 radical (unpaired) electrons. The maximum absolute atomic E-state index is 6.13. The Labute approximate surface area is 151 Å². The summed E-state index contributed by atoms with van der Waals surface area (Å²) in [7, 11) is 0. The lowest BCUT2D eigenvalue weighted by Crippen LogP contribution is -2.45. The van der Waals surface area contributed by atoms with E-state index in [0.29, 0.717) is 10.0 Å². The highest BCUT2D eigenvalue weighted by Gasteiger charge is 2.19. The first-order chi connectivity index (χ1) is 11.7. The number of furan rings is 1. The van der Waals surface area contributed by atoms with E-state index in [4.69, 9.17) is 27.6 Å². The molecule has 1 aromatic heterocycles. The van der Waals surface area contributed by atoms with Crippen molar-refractivity contribution in [2.45, 2.75) is 6.54 Å². The van der Waals surface area contributed by atoms with Gasteiger partial charge in [0, 0.05) is 37.3 Å². The fraction of sp³-hybridized carbons (Fsp3) is 0.263. The number of benzene rings is 2. The molecule has 0 atom stereocenters. The number of hydrogen-bond acceptors (Lipinski definition) is 3. The van der Waals surface area contributed by atoms with Gasteiger partial charge >= 0.3 is 0 Å². The molecule has 2 aromatic carbocycles. The Bertz CT molecular complexity index is 820. The van der Waals surface area contributed by atoms with Crippen molar-refractivity contribution >= 4 is 39.9 Å². The largest absolute Gasteiger partial charge is 0.460 e. The minimum Gasteiger partial charge on any atom is -0.460 e. The lowest BCUT2D eigenvalue weighted by Gasteiger charge is -2.35. The van der Waals surface area contributed by atoms with Crippen LogP contribution in [0.5, 0.6) is 0 Å². The number of para-hydroxylation sites is 1. The van der Waals surface area contributed by atoms with Crippen LogP contribution in [0, 0.1) is 0 Å². The van der Waals surface area contributed by atoms with Gasteiger partial charge in [0.2, 0.25) is 0 Å².